The lowest BCUT2D eigenvalue weighted by molar-refractivity contribution is -0.155. The highest BCUT2D eigenvalue weighted by molar-refractivity contribution is 5.83. The number of halogens is 2. The molecule has 0 radical (unpaired) electrons. The van der Waals surface area contributed by atoms with Gasteiger partial charge in [-0.3, -0.25) is 0 Å². The Balaban J connectivity index is 2.41. The minimum absolute atomic E-state index is 0.125. The number of ether oxygens (including phenoxy) is 1. The fraction of sp³-hybridized carbons (Fsp3) is 0.500. The van der Waals surface area contributed by atoms with Crippen LogP contribution < -0.4 is 5.73 Å². The van der Waals surface area contributed by atoms with Gasteiger partial charge in [0.05, 0.1) is 6.10 Å². The summed E-state index contributed by atoms with van der Waals surface area (Å²) in [5, 5.41) is 0. The molecule has 0 amide bonds. The van der Waals surface area contributed by atoms with Crippen molar-refractivity contribution in [2.45, 2.75) is 38.3 Å². The third-order valence-corrected chi connectivity index (χ3v) is 3.24. The predicted octanol–water partition coefficient (Wildman–Crippen LogP) is 2.48. The molecule has 1 aromatic rings. The van der Waals surface area contributed by atoms with E-state index in [0.717, 1.165) is 31.0 Å². The summed E-state index contributed by atoms with van der Waals surface area (Å²) in [7, 11) is 0. The molecule has 0 heterocycles. The second-order valence-corrected chi connectivity index (χ2v) is 5.26. The van der Waals surface area contributed by atoms with Crippen molar-refractivity contribution in [2.24, 2.45) is 11.7 Å². The molecular formula is C14H17F2NO2. The maximum Gasteiger partial charge on any atom is 0.331 e. The molecule has 2 N–H and O–H groups in total. The van der Waals surface area contributed by atoms with Gasteiger partial charge in [-0.1, -0.05) is 0 Å². The molecule has 0 bridgehead atoms. The van der Waals surface area contributed by atoms with Crippen molar-refractivity contribution < 1.29 is 18.3 Å². The van der Waals surface area contributed by atoms with Crippen LogP contribution in [0.5, 0.6) is 0 Å². The second-order valence-electron chi connectivity index (χ2n) is 5.26. The van der Waals surface area contributed by atoms with E-state index in [9.17, 15) is 13.6 Å². The third-order valence-electron chi connectivity index (χ3n) is 3.24. The van der Waals surface area contributed by atoms with Gasteiger partial charge in [0.25, 0.3) is 0 Å². The van der Waals surface area contributed by atoms with E-state index < -0.39 is 23.1 Å². The number of esters is 1. The van der Waals surface area contributed by atoms with Crippen molar-refractivity contribution in [3.8, 4) is 0 Å². The van der Waals surface area contributed by atoms with Crippen molar-refractivity contribution in [1.82, 2.24) is 0 Å². The first kappa shape index (κ1) is 13.9. The summed E-state index contributed by atoms with van der Waals surface area (Å²) >= 11 is 0. The van der Waals surface area contributed by atoms with Crippen LogP contribution in [-0.2, 0) is 15.1 Å². The van der Waals surface area contributed by atoms with Crippen LogP contribution in [0.2, 0.25) is 0 Å². The van der Waals surface area contributed by atoms with Gasteiger partial charge >= 0.3 is 5.97 Å². The minimum Gasteiger partial charge on any atom is -0.461 e. The van der Waals surface area contributed by atoms with Crippen molar-refractivity contribution in [3.05, 3.63) is 35.4 Å². The molecule has 1 aromatic carbocycles. The molecule has 5 heteroatoms. The maximum absolute atomic E-state index is 13.3. The Bertz CT molecular complexity index is 480. The molecule has 104 valence electrons. The van der Waals surface area contributed by atoms with Gasteiger partial charge in [0.15, 0.2) is 0 Å². The summed E-state index contributed by atoms with van der Waals surface area (Å²) in [6.45, 7) is 3.41. The summed E-state index contributed by atoms with van der Waals surface area (Å²) in [4.78, 5) is 12.2. The highest BCUT2D eigenvalue weighted by Gasteiger charge is 2.51. The number of carbonyl (C=O) groups excluding carboxylic acids is 1. The smallest absolute Gasteiger partial charge is 0.331 e. The van der Waals surface area contributed by atoms with Crippen LogP contribution in [0.25, 0.3) is 0 Å². The van der Waals surface area contributed by atoms with E-state index in [4.69, 9.17) is 10.5 Å². The van der Waals surface area contributed by atoms with Gasteiger partial charge in [0.1, 0.15) is 17.2 Å². The van der Waals surface area contributed by atoms with E-state index in [2.05, 4.69) is 0 Å². The third kappa shape index (κ3) is 2.76. The van der Waals surface area contributed by atoms with E-state index in [0.29, 0.717) is 0 Å². The largest absolute Gasteiger partial charge is 0.461 e. The van der Waals surface area contributed by atoms with Crippen LogP contribution in [0, 0.1) is 17.6 Å². The standard InChI is InChI=1S/C14H17F2NO2/c1-8(2)19-13(18)14(17,9-3-4-9)10-5-11(15)7-12(16)6-10/h5-9H,3-4,17H2,1-2H3. The van der Waals surface area contributed by atoms with Gasteiger partial charge in [-0.05, 0) is 50.3 Å². The average Bonchev–Trinajstić information content (AvgIpc) is 3.09. The lowest BCUT2D eigenvalue weighted by Crippen LogP contribution is -2.49. The monoisotopic (exact) mass is 269 g/mol. The molecule has 0 aromatic heterocycles. The van der Waals surface area contributed by atoms with Gasteiger partial charge < -0.3 is 10.5 Å². The van der Waals surface area contributed by atoms with Gasteiger partial charge in [-0.15, -0.1) is 0 Å². The van der Waals surface area contributed by atoms with E-state index in [1.54, 1.807) is 13.8 Å². The lowest BCUT2D eigenvalue weighted by Gasteiger charge is -2.28. The van der Waals surface area contributed by atoms with E-state index in [1.165, 1.54) is 0 Å². The zero-order valence-corrected chi connectivity index (χ0v) is 11.0. The van der Waals surface area contributed by atoms with Crippen molar-refractivity contribution in [3.63, 3.8) is 0 Å². The first-order chi connectivity index (χ1) is 8.84. The minimum atomic E-state index is -1.47. The van der Waals surface area contributed by atoms with Gasteiger partial charge in [-0.2, -0.15) is 0 Å². The first-order valence-corrected chi connectivity index (χ1v) is 6.30. The lowest BCUT2D eigenvalue weighted by atomic mass is 9.86. The molecule has 1 unspecified atom stereocenters. The summed E-state index contributed by atoms with van der Waals surface area (Å²) in [6, 6.07) is 2.95. The Labute approximate surface area is 110 Å². The Kier molecular flexibility index (Phi) is 3.58. The number of rotatable bonds is 4. The molecule has 1 aliphatic carbocycles. The van der Waals surface area contributed by atoms with E-state index in [-0.39, 0.29) is 17.6 Å². The Morgan fingerprint density at radius 1 is 1.32 bits per heavy atom. The number of nitrogens with two attached hydrogens (primary N) is 1. The van der Waals surface area contributed by atoms with Crippen LogP contribution in [0.3, 0.4) is 0 Å². The van der Waals surface area contributed by atoms with Crippen LogP contribution in [-0.4, -0.2) is 12.1 Å². The van der Waals surface area contributed by atoms with E-state index >= 15 is 0 Å². The Hall–Kier alpha value is -1.49. The fourth-order valence-corrected chi connectivity index (χ4v) is 2.16. The Morgan fingerprint density at radius 2 is 1.84 bits per heavy atom. The van der Waals surface area contributed by atoms with Crippen LogP contribution in [0.1, 0.15) is 32.3 Å². The highest BCUT2D eigenvalue weighted by Crippen LogP contribution is 2.45. The van der Waals surface area contributed by atoms with Crippen LogP contribution in [0.4, 0.5) is 8.78 Å². The van der Waals surface area contributed by atoms with Gasteiger partial charge in [-0.25, -0.2) is 13.6 Å². The zero-order chi connectivity index (χ0) is 14.2. The van der Waals surface area contributed by atoms with Crippen LogP contribution >= 0.6 is 0 Å². The summed E-state index contributed by atoms with van der Waals surface area (Å²) in [5.74, 6) is -2.25. The highest BCUT2D eigenvalue weighted by atomic mass is 19.1. The number of carbonyl (C=O) groups is 1. The number of hydrogen-bond donors (Lipinski definition) is 1. The van der Waals surface area contributed by atoms with Crippen molar-refractivity contribution in [1.29, 1.82) is 0 Å². The number of benzene rings is 1. The molecule has 1 atom stereocenters. The number of hydrogen-bond acceptors (Lipinski definition) is 3. The fourth-order valence-electron chi connectivity index (χ4n) is 2.16. The summed E-state index contributed by atoms with van der Waals surface area (Å²) in [5.41, 5.74) is 4.82. The van der Waals surface area contributed by atoms with Gasteiger partial charge in [0.2, 0.25) is 0 Å². The zero-order valence-electron chi connectivity index (χ0n) is 11.0. The second kappa shape index (κ2) is 4.89. The topological polar surface area (TPSA) is 52.3 Å². The van der Waals surface area contributed by atoms with Crippen molar-refractivity contribution in [2.75, 3.05) is 0 Å². The summed E-state index contributed by atoms with van der Waals surface area (Å²) in [6.07, 6.45) is 1.18. The molecule has 1 saturated carbocycles. The molecule has 0 spiro atoms. The summed E-state index contributed by atoms with van der Waals surface area (Å²) < 4.78 is 31.8. The molecule has 3 nitrogen and oxygen atoms in total. The molecule has 0 saturated heterocycles. The quantitative estimate of drug-likeness (QED) is 0.854. The van der Waals surface area contributed by atoms with E-state index in [1.807, 2.05) is 0 Å². The molecule has 1 aliphatic rings. The van der Waals surface area contributed by atoms with Crippen molar-refractivity contribution >= 4 is 5.97 Å². The first-order valence-electron chi connectivity index (χ1n) is 6.30. The average molecular weight is 269 g/mol. The maximum atomic E-state index is 13.3. The van der Waals surface area contributed by atoms with Gasteiger partial charge in [0, 0.05) is 6.07 Å². The molecule has 0 aliphatic heterocycles. The normalized spacial score (nSPS) is 18.2. The van der Waals surface area contributed by atoms with Crippen LogP contribution in [0.15, 0.2) is 18.2 Å². The SMILES string of the molecule is CC(C)OC(=O)C(N)(c1cc(F)cc(F)c1)C1CC1. The molecule has 19 heavy (non-hydrogen) atoms. The Morgan fingerprint density at radius 3 is 2.26 bits per heavy atom. The molecular weight excluding hydrogens is 252 g/mol. The molecule has 2 rings (SSSR count). The predicted molar refractivity (Wildman–Crippen MR) is 66.2 cm³/mol. The molecule has 1 fully saturated rings.